The molecule has 0 saturated carbocycles. The van der Waals surface area contributed by atoms with Gasteiger partial charge in [0.25, 0.3) is 0 Å². The van der Waals surface area contributed by atoms with Crippen LogP contribution in [-0.2, 0) is 9.53 Å². The topological polar surface area (TPSA) is 50.4 Å². The van der Waals surface area contributed by atoms with Crippen molar-refractivity contribution in [3.63, 3.8) is 0 Å². The summed E-state index contributed by atoms with van der Waals surface area (Å²) in [6.45, 7) is 3.82. The molecule has 2 unspecified atom stereocenters. The fourth-order valence-corrected chi connectivity index (χ4v) is 2.92. The third-order valence-corrected chi connectivity index (χ3v) is 4.68. The summed E-state index contributed by atoms with van der Waals surface area (Å²) in [5.74, 6) is 0.00734. The minimum absolute atomic E-state index is 0.00734. The number of carbonyl (C=O) groups excluding carboxylic acids is 1. The molecular formula is C15H20Cl2N2O2. The Morgan fingerprint density at radius 1 is 1.48 bits per heavy atom. The monoisotopic (exact) mass is 330 g/mol. The lowest BCUT2D eigenvalue weighted by molar-refractivity contribution is -0.133. The highest BCUT2D eigenvalue weighted by atomic mass is 35.5. The zero-order valence-corrected chi connectivity index (χ0v) is 13.7. The Kier molecular flexibility index (Phi) is 5.49. The van der Waals surface area contributed by atoms with Crippen LogP contribution in [0.2, 0.25) is 10.0 Å². The Bertz CT molecular complexity index is 516. The molecule has 0 aromatic heterocycles. The van der Waals surface area contributed by atoms with Gasteiger partial charge >= 0.3 is 0 Å². The van der Waals surface area contributed by atoms with Crippen LogP contribution < -0.4 is 10.6 Å². The minimum Gasteiger partial charge on any atom is -0.384 e. The first-order valence-electron chi connectivity index (χ1n) is 6.94. The van der Waals surface area contributed by atoms with Crippen LogP contribution in [0.25, 0.3) is 0 Å². The van der Waals surface area contributed by atoms with Crippen LogP contribution in [0.5, 0.6) is 0 Å². The van der Waals surface area contributed by atoms with Gasteiger partial charge in [0.2, 0.25) is 5.91 Å². The Hall–Kier alpha value is -0.810. The molecule has 1 aromatic rings. The number of methoxy groups -OCH3 is 1. The van der Waals surface area contributed by atoms with E-state index in [1.54, 1.807) is 19.2 Å². The van der Waals surface area contributed by atoms with Gasteiger partial charge < -0.3 is 15.4 Å². The molecule has 0 spiro atoms. The summed E-state index contributed by atoms with van der Waals surface area (Å²) in [6, 6.07) is 5.26. The maximum absolute atomic E-state index is 12.6. The number of ether oxygens (including phenoxy) is 1. The van der Waals surface area contributed by atoms with Gasteiger partial charge in [-0.15, -0.1) is 0 Å². The summed E-state index contributed by atoms with van der Waals surface area (Å²) in [4.78, 5) is 12.6. The SMILES string of the molecule is COCC1(C(=O)NC(C)c2ccc(Cl)c(Cl)c2)CCNC1. The van der Waals surface area contributed by atoms with Gasteiger partial charge in [-0.3, -0.25) is 4.79 Å². The van der Waals surface area contributed by atoms with E-state index in [1.165, 1.54) is 0 Å². The summed E-state index contributed by atoms with van der Waals surface area (Å²) in [5, 5.41) is 7.28. The van der Waals surface area contributed by atoms with Crippen molar-refractivity contribution in [1.82, 2.24) is 10.6 Å². The molecular weight excluding hydrogens is 311 g/mol. The van der Waals surface area contributed by atoms with Crippen molar-refractivity contribution < 1.29 is 9.53 Å². The van der Waals surface area contributed by atoms with Crippen LogP contribution in [0, 0.1) is 5.41 Å². The highest BCUT2D eigenvalue weighted by molar-refractivity contribution is 6.42. The molecule has 1 aromatic carbocycles. The van der Waals surface area contributed by atoms with Gasteiger partial charge in [0.15, 0.2) is 0 Å². The summed E-state index contributed by atoms with van der Waals surface area (Å²) in [5.41, 5.74) is 0.440. The molecule has 0 bridgehead atoms. The number of hydrogen-bond donors (Lipinski definition) is 2. The van der Waals surface area contributed by atoms with E-state index >= 15 is 0 Å². The van der Waals surface area contributed by atoms with Crippen molar-refractivity contribution in [3.8, 4) is 0 Å². The first kappa shape index (κ1) is 16.6. The number of halogens is 2. The first-order chi connectivity index (χ1) is 9.98. The summed E-state index contributed by atoms with van der Waals surface area (Å²) < 4.78 is 5.23. The van der Waals surface area contributed by atoms with Gasteiger partial charge in [0, 0.05) is 13.7 Å². The van der Waals surface area contributed by atoms with Crippen LogP contribution in [0.1, 0.15) is 24.9 Å². The van der Waals surface area contributed by atoms with E-state index in [0.29, 0.717) is 23.2 Å². The van der Waals surface area contributed by atoms with Crippen molar-refractivity contribution in [2.24, 2.45) is 5.41 Å². The van der Waals surface area contributed by atoms with E-state index < -0.39 is 5.41 Å². The van der Waals surface area contributed by atoms with E-state index in [0.717, 1.165) is 18.5 Å². The van der Waals surface area contributed by atoms with Crippen molar-refractivity contribution in [2.45, 2.75) is 19.4 Å². The normalized spacial score (nSPS) is 23.0. The van der Waals surface area contributed by atoms with Crippen LogP contribution in [-0.4, -0.2) is 32.7 Å². The molecule has 1 fully saturated rings. The quantitative estimate of drug-likeness (QED) is 0.872. The number of carbonyl (C=O) groups is 1. The molecule has 1 aliphatic rings. The second kappa shape index (κ2) is 6.97. The molecule has 21 heavy (non-hydrogen) atoms. The lowest BCUT2D eigenvalue weighted by Gasteiger charge is -2.28. The van der Waals surface area contributed by atoms with E-state index in [9.17, 15) is 4.79 Å². The molecule has 4 nitrogen and oxygen atoms in total. The highest BCUT2D eigenvalue weighted by Gasteiger charge is 2.41. The Labute approximate surface area is 135 Å². The van der Waals surface area contributed by atoms with Crippen molar-refractivity contribution in [2.75, 3.05) is 26.8 Å². The third-order valence-electron chi connectivity index (χ3n) is 3.94. The van der Waals surface area contributed by atoms with E-state index in [2.05, 4.69) is 10.6 Å². The van der Waals surface area contributed by atoms with Gasteiger partial charge in [-0.1, -0.05) is 29.3 Å². The van der Waals surface area contributed by atoms with Gasteiger partial charge in [-0.05, 0) is 37.6 Å². The largest absolute Gasteiger partial charge is 0.384 e. The lowest BCUT2D eigenvalue weighted by Crippen LogP contribution is -2.46. The van der Waals surface area contributed by atoms with Crippen LogP contribution in [0.15, 0.2) is 18.2 Å². The summed E-state index contributed by atoms with van der Waals surface area (Å²) in [7, 11) is 1.62. The molecule has 1 amide bonds. The van der Waals surface area contributed by atoms with Gasteiger partial charge in [0.1, 0.15) is 0 Å². The molecule has 6 heteroatoms. The second-order valence-electron chi connectivity index (χ2n) is 5.51. The molecule has 0 aliphatic carbocycles. The number of nitrogens with one attached hydrogen (secondary N) is 2. The van der Waals surface area contributed by atoms with Gasteiger partial charge in [-0.2, -0.15) is 0 Å². The lowest BCUT2D eigenvalue weighted by atomic mass is 9.86. The molecule has 1 aliphatic heterocycles. The smallest absolute Gasteiger partial charge is 0.230 e. The van der Waals surface area contributed by atoms with Crippen LogP contribution in [0.3, 0.4) is 0 Å². The van der Waals surface area contributed by atoms with E-state index in [4.69, 9.17) is 27.9 Å². The molecule has 1 heterocycles. The van der Waals surface area contributed by atoms with Crippen molar-refractivity contribution in [3.05, 3.63) is 33.8 Å². The first-order valence-corrected chi connectivity index (χ1v) is 7.70. The molecule has 0 radical (unpaired) electrons. The standard InChI is InChI=1S/C15H20Cl2N2O2/c1-10(11-3-4-12(16)13(17)7-11)19-14(20)15(9-21-2)5-6-18-8-15/h3-4,7,10,18H,5-6,8-9H2,1-2H3,(H,19,20). The van der Waals surface area contributed by atoms with E-state index in [-0.39, 0.29) is 11.9 Å². The predicted molar refractivity (Wildman–Crippen MR) is 84.8 cm³/mol. The third kappa shape index (κ3) is 3.69. The van der Waals surface area contributed by atoms with E-state index in [1.807, 2.05) is 13.0 Å². The van der Waals surface area contributed by atoms with Crippen molar-refractivity contribution >= 4 is 29.1 Å². The average molecular weight is 331 g/mol. The number of rotatable bonds is 5. The zero-order chi connectivity index (χ0) is 15.5. The average Bonchev–Trinajstić information content (AvgIpc) is 2.92. The number of amides is 1. The molecule has 2 rings (SSSR count). The van der Waals surface area contributed by atoms with Gasteiger partial charge in [0.05, 0.1) is 28.1 Å². The minimum atomic E-state index is -0.487. The Morgan fingerprint density at radius 3 is 2.81 bits per heavy atom. The maximum atomic E-state index is 12.6. The van der Waals surface area contributed by atoms with Crippen molar-refractivity contribution in [1.29, 1.82) is 0 Å². The number of hydrogen-bond acceptors (Lipinski definition) is 3. The van der Waals surface area contributed by atoms with Crippen LogP contribution in [0.4, 0.5) is 0 Å². The molecule has 1 saturated heterocycles. The zero-order valence-electron chi connectivity index (χ0n) is 12.2. The van der Waals surface area contributed by atoms with Gasteiger partial charge in [-0.25, -0.2) is 0 Å². The summed E-state index contributed by atoms with van der Waals surface area (Å²) in [6.07, 6.45) is 0.779. The maximum Gasteiger partial charge on any atom is 0.230 e. The Morgan fingerprint density at radius 2 is 2.24 bits per heavy atom. The number of benzene rings is 1. The fourth-order valence-electron chi connectivity index (χ4n) is 2.62. The van der Waals surface area contributed by atoms with Crippen LogP contribution >= 0.6 is 23.2 Å². The molecule has 2 N–H and O–H groups in total. The molecule has 116 valence electrons. The summed E-state index contributed by atoms with van der Waals surface area (Å²) >= 11 is 11.9. The predicted octanol–water partition coefficient (Wildman–Crippen LogP) is 2.80. The molecule has 2 atom stereocenters. The highest BCUT2D eigenvalue weighted by Crippen LogP contribution is 2.29. The second-order valence-corrected chi connectivity index (χ2v) is 6.32. The Balaban J connectivity index is 2.08. The fraction of sp³-hybridized carbons (Fsp3) is 0.533.